The Morgan fingerprint density at radius 3 is 2.31 bits per heavy atom. The molecule has 39 heavy (non-hydrogen) atoms. The summed E-state index contributed by atoms with van der Waals surface area (Å²) in [7, 11) is 0. The SMILES string of the molecule is O=C(COC(=O)c1cc(-c2ccc(OCc3ccccc3)cc2)nc2ccccc12)Nc1ccc(Cl)c(Cl)c1. The van der Waals surface area contributed by atoms with Crippen molar-refractivity contribution in [1.82, 2.24) is 4.98 Å². The molecule has 8 heteroatoms. The first kappa shape index (κ1) is 26.2. The number of halogens is 2. The second-order valence-electron chi connectivity index (χ2n) is 8.62. The van der Waals surface area contributed by atoms with Gasteiger partial charge in [0.15, 0.2) is 6.61 Å². The molecule has 194 valence electrons. The molecule has 0 spiro atoms. The fourth-order valence-electron chi connectivity index (χ4n) is 3.93. The number of fused-ring (bicyclic) bond motifs is 1. The van der Waals surface area contributed by atoms with Crippen molar-refractivity contribution in [2.24, 2.45) is 0 Å². The van der Waals surface area contributed by atoms with Gasteiger partial charge in [-0.1, -0.05) is 71.7 Å². The molecule has 1 heterocycles. The molecule has 0 radical (unpaired) electrons. The van der Waals surface area contributed by atoms with E-state index in [9.17, 15) is 9.59 Å². The van der Waals surface area contributed by atoms with Crippen molar-refractivity contribution in [2.75, 3.05) is 11.9 Å². The zero-order valence-electron chi connectivity index (χ0n) is 20.6. The number of amides is 1. The van der Waals surface area contributed by atoms with Gasteiger partial charge in [-0.3, -0.25) is 4.79 Å². The van der Waals surface area contributed by atoms with Gasteiger partial charge in [-0.2, -0.15) is 0 Å². The molecule has 0 bridgehead atoms. The third kappa shape index (κ3) is 6.55. The minimum atomic E-state index is -0.637. The highest BCUT2D eigenvalue weighted by molar-refractivity contribution is 6.42. The van der Waals surface area contributed by atoms with E-state index in [2.05, 4.69) is 5.32 Å². The van der Waals surface area contributed by atoms with Crippen LogP contribution >= 0.6 is 23.2 Å². The van der Waals surface area contributed by atoms with Crippen LogP contribution in [0.1, 0.15) is 15.9 Å². The van der Waals surface area contributed by atoms with Crippen LogP contribution in [0, 0.1) is 0 Å². The molecule has 0 saturated carbocycles. The number of ether oxygens (including phenoxy) is 2. The van der Waals surface area contributed by atoms with Crippen molar-refractivity contribution in [1.29, 1.82) is 0 Å². The van der Waals surface area contributed by atoms with Crippen LogP contribution in [0.15, 0.2) is 103 Å². The van der Waals surface area contributed by atoms with E-state index in [0.717, 1.165) is 16.9 Å². The number of carbonyl (C=O) groups excluding carboxylic acids is 2. The van der Waals surface area contributed by atoms with E-state index in [0.29, 0.717) is 44.5 Å². The number of para-hydroxylation sites is 1. The van der Waals surface area contributed by atoms with Gasteiger partial charge in [0.2, 0.25) is 0 Å². The number of esters is 1. The van der Waals surface area contributed by atoms with E-state index >= 15 is 0 Å². The molecule has 0 atom stereocenters. The number of benzene rings is 4. The van der Waals surface area contributed by atoms with Gasteiger partial charge >= 0.3 is 5.97 Å². The Bertz CT molecular complexity index is 1640. The van der Waals surface area contributed by atoms with E-state index in [1.807, 2.05) is 72.8 Å². The van der Waals surface area contributed by atoms with Crippen molar-refractivity contribution in [2.45, 2.75) is 6.61 Å². The highest BCUT2D eigenvalue weighted by atomic mass is 35.5. The number of hydrogen-bond acceptors (Lipinski definition) is 5. The molecular formula is C31H22Cl2N2O4. The van der Waals surface area contributed by atoms with Gasteiger partial charge in [0.1, 0.15) is 12.4 Å². The van der Waals surface area contributed by atoms with E-state index in [-0.39, 0.29) is 0 Å². The zero-order chi connectivity index (χ0) is 27.2. The lowest BCUT2D eigenvalue weighted by atomic mass is 10.0. The van der Waals surface area contributed by atoms with Crippen LogP contribution in [0.2, 0.25) is 10.0 Å². The molecule has 0 aliphatic rings. The second kappa shape index (κ2) is 12.0. The Kier molecular flexibility index (Phi) is 8.06. The standard InChI is InChI=1S/C31H22Cl2N2O4/c32-26-15-12-22(16-27(26)33)34-30(36)19-39-31(37)25-17-29(35-28-9-5-4-8-24(25)28)21-10-13-23(14-11-21)38-18-20-6-2-1-3-7-20/h1-17H,18-19H2,(H,34,36). The van der Waals surface area contributed by atoms with Gasteiger partial charge in [-0.05, 0) is 60.2 Å². The number of pyridine rings is 1. The maximum Gasteiger partial charge on any atom is 0.339 e. The normalized spacial score (nSPS) is 10.7. The summed E-state index contributed by atoms with van der Waals surface area (Å²) in [5, 5.41) is 3.93. The molecule has 0 aliphatic carbocycles. The average Bonchev–Trinajstić information content (AvgIpc) is 2.97. The lowest BCUT2D eigenvalue weighted by molar-refractivity contribution is -0.119. The lowest BCUT2D eigenvalue weighted by Crippen LogP contribution is -2.21. The molecule has 0 unspecified atom stereocenters. The number of aromatic nitrogens is 1. The Morgan fingerprint density at radius 2 is 1.54 bits per heavy atom. The topological polar surface area (TPSA) is 77.5 Å². The number of nitrogens with one attached hydrogen (secondary N) is 1. The summed E-state index contributed by atoms with van der Waals surface area (Å²) in [6, 6.07) is 31.0. The largest absolute Gasteiger partial charge is 0.489 e. The lowest BCUT2D eigenvalue weighted by Gasteiger charge is -2.11. The Balaban J connectivity index is 1.31. The number of anilines is 1. The minimum absolute atomic E-state index is 0.304. The van der Waals surface area contributed by atoms with Crippen LogP contribution in [-0.2, 0) is 16.1 Å². The van der Waals surface area contributed by atoms with Crippen molar-refractivity contribution in [3.63, 3.8) is 0 Å². The predicted molar refractivity (Wildman–Crippen MR) is 153 cm³/mol. The Hall–Kier alpha value is -4.39. The van der Waals surface area contributed by atoms with E-state index in [1.165, 1.54) is 6.07 Å². The molecule has 4 aromatic carbocycles. The molecule has 0 aliphatic heterocycles. The molecule has 5 rings (SSSR count). The van der Waals surface area contributed by atoms with Gasteiger partial charge in [-0.25, -0.2) is 9.78 Å². The maximum atomic E-state index is 13.1. The van der Waals surface area contributed by atoms with Crippen molar-refractivity contribution >= 4 is 51.7 Å². The zero-order valence-corrected chi connectivity index (χ0v) is 22.1. The first-order valence-corrected chi connectivity index (χ1v) is 12.8. The van der Waals surface area contributed by atoms with Crippen LogP contribution in [0.3, 0.4) is 0 Å². The second-order valence-corrected chi connectivity index (χ2v) is 9.44. The monoisotopic (exact) mass is 556 g/mol. The van der Waals surface area contributed by atoms with Gasteiger partial charge in [0.05, 0.1) is 26.8 Å². The quantitative estimate of drug-likeness (QED) is 0.199. The minimum Gasteiger partial charge on any atom is -0.489 e. The average molecular weight is 557 g/mol. The summed E-state index contributed by atoms with van der Waals surface area (Å²) < 4.78 is 11.2. The molecule has 1 amide bonds. The third-order valence-corrected chi connectivity index (χ3v) is 6.61. The Morgan fingerprint density at radius 1 is 0.795 bits per heavy atom. The first-order valence-electron chi connectivity index (χ1n) is 12.1. The third-order valence-electron chi connectivity index (χ3n) is 5.87. The van der Waals surface area contributed by atoms with Crippen molar-refractivity contribution in [3.8, 4) is 17.0 Å². The summed E-state index contributed by atoms with van der Waals surface area (Å²) in [5.41, 5.74) is 3.86. The van der Waals surface area contributed by atoms with Gasteiger partial charge < -0.3 is 14.8 Å². The van der Waals surface area contributed by atoms with Crippen LogP contribution in [0.5, 0.6) is 5.75 Å². The fraction of sp³-hybridized carbons (Fsp3) is 0.0645. The van der Waals surface area contributed by atoms with Crippen LogP contribution in [0.25, 0.3) is 22.2 Å². The van der Waals surface area contributed by atoms with Gasteiger partial charge in [0, 0.05) is 16.6 Å². The summed E-state index contributed by atoms with van der Waals surface area (Å²) in [6.45, 7) is -0.0124. The van der Waals surface area contributed by atoms with Crippen LogP contribution in [-0.4, -0.2) is 23.5 Å². The fourth-order valence-corrected chi connectivity index (χ4v) is 4.23. The number of carbonyl (C=O) groups is 2. The molecule has 0 saturated heterocycles. The number of rotatable bonds is 8. The molecule has 0 fully saturated rings. The van der Waals surface area contributed by atoms with Crippen molar-refractivity contribution < 1.29 is 19.1 Å². The summed E-state index contributed by atoms with van der Waals surface area (Å²) in [5.74, 6) is -0.426. The summed E-state index contributed by atoms with van der Waals surface area (Å²) in [4.78, 5) is 30.2. The van der Waals surface area contributed by atoms with Gasteiger partial charge in [0.25, 0.3) is 5.91 Å². The molecule has 1 aromatic heterocycles. The van der Waals surface area contributed by atoms with Crippen LogP contribution < -0.4 is 10.1 Å². The summed E-state index contributed by atoms with van der Waals surface area (Å²) in [6.07, 6.45) is 0. The first-order chi connectivity index (χ1) is 19.0. The molecular weight excluding hydrogens is 535 g/mol. The Labute approximate surface area is 235 Å². The van der Waals surface area contributed by atoms with E-state index < -0.39 is 18.5 Å². The van der Waals surface area contributed by atoms with Crippen molar-refractivity contribution in [3.05, 3.63) is 124 Å². The van der Waals surface area contributed by atoms with E-state index in [1.54, 1.807) is 24.3 Å². The number of nitrogens with zero attached hydrogens (tertiary/aromatic N) is 1. The highest BCUT2D eigenvalue weighted by Gasteiger charge is 2.17. The van der Waals surface area contributed by atoms with E-state index in [4.69, 9.17) is 37.7 Å². The predicted octanol–water partition coefficient (Wildman–Crippen LogP) is 7.58. The van der Waals surface area contributed by atoms with Gasteiger partial charge in [-0.15, -0.1) is 0 Å². The molecule has 5 aromatic rings. The number of hydrogen-bond donors (Lipinski definition) is 1. The maximum absolute atomic E-state index is 13.1. The smallest absolute Gasteiger partial charge is 0.339 e. The highest BCUT2D eigenvalue weighted by Crippen LogP contribution is 2.28. The van der Waals surface area contributed by atoms with Crippen LogP contribution in [0.4, 0.5) is 5.69 Å². The molecule has 1 N–H and O–H groups in total. The summed E-state index contributed by atoms with van der Waals surface area (Å²) >= 11 is 11.9. The molecule has 6 nitrogen and oxygen atoms in total.